The van der Waals surface area contributed by atoms with Crippen LogP contribution in [-0.4, -0.2) is 48.3 Å². The molecule has 1 aromatic heterocycles. The highest BCUT2D eigenvalue weighted by Gasteiger charge is 2.56. The number of halogens is 1. The van der Waals surface area contributed by atoms with Crippen LogP contribution in [0.5, 0.6) is 0 Å². The second kappa shape index (κ2) is 5.47. The molecule has 2 rings (SSSR count). The molecule has 0 saturated carbocycles. The Morgan fingerprint density at radius 1 is 1.60 bits per heavy atom. The number of alkyl halides is 1. The van der Waals surface area contributed by atoms with Crippen LogP contribution >= 0.6 is 0 Å². The molecule has 0 bridgehead atoms. The Balaban J connectivity index is 2.38. The van der Waals surface area contributed by atoms with E-state index in [9.17, 15) is 9.18 Å². The first-order valence-corrected chi connectivity index (χ1v) is 6.12. The van der Waals surface area contributed by atoms with Crippen LogP contribution in [0.4, 0.5) is 10.2 Å². The van der Waals surface area contributed by atoms with Crippen LogP contribution in [0, 0.1) is 0 Å². The molecule has 8 heteroatoms. The zero-order valence-electron chi connectivity index (χ0n) is 11.6. The Morgan fingerprint density at radius 2 is 2.30 bits per heavy atom. The average molecular weight is 287 g/mol. The molecule has 0 aliphatic carbocycles. The number of methoxy groups -OCH3 is 2. The van der Waals surface area contributed by atoms with Crippen LogP contribution in [0.25, 0.3) is 0 Å². The van der Waals surface area contributed by atoms with Crippen molar-refractivity contribution in [3.8, 4) is 0 Å². The molecule has 1 aromatic rings. The number of hydrogen-bond acceptors (Lipinski definition) is 6. The third kappa shape index (κ3) is 2.41. The smallest absolute Gasteiger partial charge is 0.351 e. The molecule has 0 radical (unpaired) electrons. The number of rotatable bonds is 4. The quantitative estimate of drug-likeness (QED) is 0.845. The van der Waals surface area contributed by atoms with E-state index >= 15 is 0 Å². The minimum atomic E-state index is -1.90. The molecule has 20 heavy (non-hydrogen) atoms. The standard InChI is InChI=1S/C12H18FN3O4/c1-12(13)9(19-3)7(6-18-2)20-10(12)16-5-4-8(14)15-11(16)17/h4-5,7,9-10H,6H2,1-3H3,(H2,14,15,17)/t7-,9?,10-,12+/m1/s1. The average Bonchev–Trinajstić information content (AvgIpc) is 2.61. The lowest BCUT2D eigenvalue weighted by Gasteiger charge is -2.26. The Kier molecular flexibility index (Phi) is 4.07. The van der Waals surface area contributed by atoms with E-state index in [2.05, 4.69) is 4.98 Å². The molecule has 0 spiro atoms. The first-order chi connectivity index (χ1) is 9.41. The first-order valence-electron chi connectivity index (χ1n) is 6.12. The van der Waals surface area contributed by atoms with E-state index in [0.717, 1.165) is 4.57 Å². The van der Waals surface area contributed by atoms with Gasteiger partial charge in [-0.15, -0.1) is 0 Å². The second-order valence-electron chi connectivity index (χ2n) is 4.83. The maximum absolute atomic E-state index is 15.0. The van der Waals surface area contributed by atoms with Crippen LogP contribution in [-0.2, 0) is 14.2 Å². The van der Waals surface area contributed by atoms with E-state index in [1.807, 2.05) is 0 Å². The molecule has 0 aromatic carbocycles. The van der Waals surface area contributed by atoms with Crippen molar-refractivity contribution in [2.45, 2.75) is 31.0 Å². The van der Waals surface area contributed by atoms with Gasteiger partial charge in [-0.25, -0.2) is 9.18 Å². The molecule has 7 nitrogen and oxygen atoms in total. The molecule has 112 valence electrons. The molecule has 2 N–H and O–H groups in total. The monoisotopic (exact) mass is 287 g/mol. The fourth-order valence-corrected chi connectivity index (χ4v) is 2.49. The van der Waals surface area contributed by atoms with Crippen LogP contribution in [0.2, 0.25) is 0 Å². The molecular formula is C12H18FN3O4. The van der Waals surface area contributed by atoms with Gasteiger partial charge in [-0.3, -0.25) is 4.57 Å². The molecule has 4 atom stereocenters. The fourth-order valence-electron chi connectivity index (χ4n) is 2.49. The van der Waals surface area contributed by atoms with Crippen molar-refractivity contribution in [2.75, 3.05) is 26.6 Å². The minimum Gasteiger partial charge on any atom is -0.383 e. The van der Waals surface area contributed by atoms with Crippen LogP contribution in [0.1, 0.15) is 13.2 Å². The van der Waals surface area contributed by atoms with E-state index < -0.39 is 29.8 Å². The highest BCUT2D eigenvalue weighted by atomic mass is 19.1. The molecule has 0 amide bonds. The van der Waals surface area contributed by atoms with Crippen molar-refractivity contribution < 1.29 is 18.6 Å². The lowest BCUT2D eigenvalue weighted by Crippen LogP contribution is -2.44. The van der Waals surface area contributed by atoms with Crippen molar-refractivity contribution in [1.82, 2.24) is 9.55 Å². The van der Waals surface area contributed by atoms with Gasteiger partial charge in [-0.1, -0.05) is 0 Å². The SMILES string of the molecule is COC[C@H]1O[C@@H](n2ccc(N)nc2=O)[C@@](C)(F)C1OC. The Labute approximate surface area is 115 Å². The van der Waals surface area contributed by atoms with Gasteiger partial charge < -0.3 is 19.9 Å². The summed E-state index contributed by atoms with van der Waals surface area (Å²) in [6.45, 7) is 1.48. The predicted molar refractivity (Wildman–Crippen MR) is 69.0 cm³/mol. The van der Waals surface area contributed by atoms with Crippen LogP contribution < -0.4 is 11.4 Å². The van der Waals surface area contributed by atoms with Crippen molar-refractivity contribution >= 4 is 5.82 Å². The molecule has 1 unspecified atom stereocenters. The first kappa shape index (κ1) is 14.9. The van der Waals surface area contributed by atoms with Gasteiger partial charge in [0.25, 0.3) is 0 Å². The highest BCUT2D eigenvalue weighted by Crippen LogP contribution is 2.42. The zero-order chi connectivity index (χ0) is 14.9. The van der Waals surface area contributed by atoms with Crippen molar-refractivity contribution in [1.29, 1.82) is 0 Å². The van der Waals surface area contributed by atoms with Gasteiger partial charge in [0.05, 0.1) is 6.61 Å². The molecule has 1 aliphatic heterocycles. The van der Waals surface area contributed by atoms with Gasteiger partial charge in [0.15, 0.2) is 11.9 Å². The van der Waals surface area contributed by atoms with E-state index in [1.165, 1.54) is 33.4 Å². The van der Waals surface area contributed by atoms with Crippen LogP contribution in [0.15, 0.2) is 17.1 Å². The zero-order valence-corrected chi connectivity index (χ0v) is 11.6. The largest absolute Gasteiger partial charge is 0.383 e. The summed E-state index contributed by atoms with van der Waals surface area (Å²) in [6, 6.07) is 1.41. The van der Waals surface area contributed by atoms with Crippen LogP contribution in [0.3, 0.4) is 0 Å². The maximum Gasteiger partial charge on any atom is 0.351 e. The van der Waals surface area contributed by atoms with Gasteiger partial charge in [0.1, 0.15) is 18.0 Å². The summed E-state index contributed by atoms with van der Waals surface area (Å²) in [6.07, 6.45) is -1.26. The Hall–Kier alpha value is -1.51. The lowest BCUT2D eigenvalue weighted by molar-refractivity contribution is -0.0666. The summed E-state index contributed by atoms with van der Waals surface area (Å²) in [5, 5.41) is 0. The molecule has 2 heterocycles. The Bertz CT molecular complexity index is 534. The third-order valence-corrected chi connectivity index (χ3v) is 3.37. The molecule has 1 saturated heterocycles. The number of nitrogens with two attached hydrogens (primary N) is 1. The van der Waals surface area contributed by atoms with Gasteiger partial charge in [-0.2, -0.15) is 4.98 Å². The lowest BCUT2D eigenvalue weighted by atomic mass is 9.98. The summed E-state index contributed by atoms with van der Waals surface area (Å²) in [7, 11) is 2.87. The molecule has 1 fully saturated rings. The minimum absolute atomic E-state index is 0.0709. The normalized spacial score (nSPS) is 33.5. The van der Waals surface area contributed by atoms with Crippen molar-refractivity contribution in [2.24, 2.45) is 0 Å². The summed E-state index contributed by atoms with van der Waals surface area (Å²) >= 11 is 0. The van der Waals surface area contributed by atoms with E-state index in [0.29, 0.717) is 0 Å². The topological polar surface area (TPSA) is 88.6 Å². The number of ether oxygens (including phenoxy) is 3. The van der Waals surface area contributed by atoms with Gasteiger partial charge in [0, 0.05) is 20.4 Å². The van der Waals surface area contributed by atoms with E-state index in [1.54, 1.807) is 0 Å². The number of anilines is 1. The van der Waals surface area contributed by atoms with Gasteiger partial charge in [-0.05, 0) is 13.0 Å². The summed E-state index contributed by atoms with van der Waals surface area (Å²) in [5.41, 5.74) is 2.84. The summed E-state index contributed by atoms with van der Waals surface area (Å²) < 4.78 is 31.8. The third-order valence-electron chi connectivity index (χ3n) is 3.37. The van der Waals surface area contributed by atoms with Gasteiger partial charge >= 0.3 is 5.69 Å². The Morgan fingerprint density at radius 3 is 2.85 bits per heavy atom. The van der Waals surface area contributed by atoms with Crippen molar-refractivity contribution in [3.05, 3.63) is 22.7 Å². The molecular weight excluding hydrogens is 269 g/mol. The van der Waals surface area contributed by atoms with Crippen molar-refractivity contribution in [3.63, 3.8) is 0 Å². The van der Waals surface area contributed by atoms with E-state index in [4.69, 9.17) is 19.9 Å². The summed E-state index contributed by atoms with van der Waals surface area (Å²) in [4.78, 5) is 15.4. The fraction of sp³-hybridized carbons (Fsp3) is 0.667. The number of aromatic nitrogens is 2. The second-order valence-corrected chi connectivity index (χ2v) is 4.83. The summed E-state index contributed by atoms with van der Waals surface area (Å²) in [5.74, 6) is 0.0709. The number of hydrogen-bond donors (Lipinski definition) is 1. The van der Waals surface area contributed by atoms with Gasteiger partial charge in [0.2, 0.25) is 0 Å². The number of nitrogen functional groups attached to an aromatic ring is 1. The maximum atomic E-state index is 15.0. The highest BCUT2D eigenvalue weighted by molar-refractivity contribution is 5.23. The molecule has 1 aliphatic rings. The number of nitrogens with zero attached hydrogens (tertiary/aromatic N) is 2. The van der Waals surface area contributed by atoms with E-state index in [-0.39, 0.29) is 12.4 Å². The predicted octanol–water partition coefficient (Wildman–Crippen LogP) is 0.113.